The molecule has 0 fully saturated rings. The summed E-state index contributed by atoms with van der Waals surface area (Å²) in [5.41, 5.74) is 3.77. The molecule has 0 aliphatic heterocycles. The predicted octanol–water partition coefficient (Wildman–Crippen LogP) is 3.24. The van der Waals surface area contributed by atoms with E-state index >= 15 is 0 Å². The Morgan fingerprint density at radius 3 is 2.64 bits per heavy atom. The molecule has 4 nitrogen and oxygen atoms in total. The van der Waals surface area contributed by atoms with E-state index in [1.807, 2.05) is 48.5 Å². The average Bonchev–Trinajstić information content (AvgIpc) is 2.96. The summed E-state index contributed by atoms with van der Waals surface area (Å²) in [4.78, 5) is 15.4. The molecule has 3 aromatic rings. The molecular weight excluding hydrogens is 276 g/mol. The number of aromatic nitrogens is 1. The summed E-state index contributed by atoms with van der Waals surface area (Å²) < 4.78 is 5.06. The highest BCUT2D eigenvalue weighted by atomic mass is 16.5. The maximum atomic E-state index is 12.1. The maximum absolute atomic E-state index is 12.1. The molecule has 0 bridgehead atoms. The third-order valence-electron chi connectivity index (χ3n) is 3.55. The molecule has 0 aliphatic rings. The summed E-state index contributed by atoms with van der Waals surface area (Å²) in [5.74, 6) is -0.0809. The zero-order chi connectivity index (χ0) is 15.4. The SMILES string of the molecule is COCc1ccc(C(=O)NCc2cc3ccccc3[nH]2)cc1. The quantitative estimate of drug-likeness (QED) is 0.759. The van der Waals surface area contributed by atoms with Crippen molar-refractivity contribution < 1.29 is 9.53 Å². The van der Waals surface area contributed by atoms with Gasteiger partial charge in [-0.1, -0.05) is 30.3 Å². The Labute approximate surface area is 129 Å². The number of aromatic amines is 1. The van der Waals surface area contributed by atoms with Gasteiger partial charge in [-0.3, -0.25) is 4.79 Å². The normalized spacial score (nSPS) is 10.8. The Morgan fingerprint density at radius 1 is 1.14 bits per heavy atom. The number of nitrogens with one attached hydrogen (secondary N) is 2. The van der Waals surface area contributed by atoms with Crippen LogP contribution in [0.4, 0.5) is 0 Å². The number of ether oxygens (including phenoxy) is 1. The van der Waals surface area contributed by atoms with Gasteiger partial charge >= 0.3 is 0 Å². The third kappa shape index (κ3) is 3.18. The first-order valence-electron chi connectivity index (χ1n) is 7.19. The molecule has 0 saturated heterocycles. The fourth-order valence-corrected chi connectivity index (χ4v) is 2.43. The van der Waals surface area contributed by atoms with Gasteiger partial charge in [-0.15, -0.1) is 0 Å². The highest BCUT2D eigenvalue weighted by molar-refractivity contribution is 5.94. The summed E-state index contributed by atoms with van der Waals surface area (Å²) in [5, 5.41) is 4.07. The Morgan fingerprint density at radius 2 is 1.91 bits per heavy atom. The molecule has 0 aliphatic carbocycles. The van der Waals surface area contributed by atoms with Crippen molar-refractivity contribution in [2.24, 2.45) is 0 Å². The number of para-hydroxylation sites is 1. The summed E-state index contributed by atoms with van der Waals surface area (Å²) in [6.45, 7) is 1.03. The molecule has 112 valence electrons. The van der Waals surface area contributed by atoms with E-state index in [1.54, 1.807) is 7.11 Å². The number of H-pyrrole nitrogens is 1. The van der Waals surface area contributed by atoms with Gasteiger partial charge < -0.3 is 15.0 Å². The molecule has 4 heteroatoms. The van der Waals surface area contributed by atoms with Gasteiger partial charge in [0.15, 0.2) is 0 Å². The molecule has 22 heavy (non-hydrogen) atoms. The van der Waals surface area contributed by atoms with Crippen molar-refractivity contribution >= 4 is 16.8 Å². The zero-order valence-electron chi connectivity index (χ0n) is 12.4. The van der Waals surface area contributed by atoms with Gasteiger partial charge in [0.25, 0.3) is 5.91 Å². The van der Waals surface area contributed by atoms with Crippen LogP contribution < -0.4 is 5.32 Å². The van der Waals surface area contributed by atoms with Crippen LogP contribution in [-0.4, -0.2) is 18.0 Å². The number of methoxy groups -OCH3 is 1. The van der Waals surface area contributed by atoms with E-state index in [0.717, 1.165) is 22.2 Å². The Bertz CT molecular complexity index is 742. The molecule has 0 saturated carbocycles. The molecule has 1 heterocycles. The van der Waals surface area contributed by atoms with Crippen molar-refractivity contribution in [3.63, 3.8) is 0 Å². The first-order valence-corrected chi connectivity index (χ1v) is 7.19. The van der Waals surface area contributed by atoms with E-state index in [-0.39, 0.29) is 5.91 Å². The first kappa shape index (κ1) is 14.4. The topological polar surface area (TPSA) is 54.1 Å². The van der Waals surface area contributed by atoms with Crippen molar-refractivity contribution in [3.8, 4) is 0 Å². The van der Waals surface area contributed by atoms with Gasteiger partial charge in [-0.2, -0.15) is 0 Å². The van der Waals surface area contributed by atoms with Crippen LogP contribution in [0.5, 0.6) is 0 Å². The van der Waals surface area contributed by atoms with Crippen LogP contribution in [0.2, 0.25) is 0 Å². The number of rotatable bonds is 5. The number of fused-ring (bicyclic) bond motifs is 1. The fraction of sp³-hybridized carbons (Fsp3) is 0.167. The standard InChI is InChI=1S/C18H18N2O2/c1-22-12-13-6-8-14(9-7-13)18(21)19-11-16-10-15-4-2-3-5-17(15)20-16/h2-10,20H,11-12H2,1H3,(H,19,21). The zero-order valence-corrected chi connectivity index (χ0v) is 12.4. The highest BCUT2D eigenvalue weighted by Gasteiger charge is 2.06. The van der Waals surface area contributed by atoms with E-state index in [0.29, 0.717) is 18.7 Å². The number of hydrogen-bond acceptors (Lipinski definition) is 2. The largest absolute Gasteiger partial charge is 0.380 e. The van der Waals surface area contributed by atoms with Gasteiger partial charge in [0.2, 0.25) is 0 Å². The predicted molar refractivity (Wildman–Crippen MR) is 86.6 cm³/mol. The minimum absolute atomic E-state index is 0.0809. The molecular formula is C18H18N2O2. The number of benzene rings is 2. The number of hydrogen-bond donors (Lipinski definition) is 2. The molecule has 0 spiro atoms. The lowest BCUT2D eigenvalue weighted by Crippen LogP contribution is -2.22. The lowest BCUT2D eigenvalue weighted by molar-refractivity contribution is 0.0950. The van der Waals surface area contributed by atoms with Crippen LogP contribution in [0.25, 0.3) is 10.9 Å². The Hall–Kier alpha value is -2.59. The number of carbonyl (C=O) groups is 1. The van der Waals surface area contributed by atoms with Crippen molar-refractivity contribution in [1.29, 1.82) is 0 Å². The molecule has 1 amide bonds. The highest BCUT2D eigenvalue weighted by Crippen LogP contribution is 2.14. The molecule has 1 aromatic heterocycles. The minimum Gasteiger partial charge on any atom is -0.380 e. The van der Waals surface area contributed by atoms with Gasteiger partial charge in [-0.05, 0) is 35.2 Å². The van der Waals surface area contributed by atoms with Gasteiger partial charge in [0.05, 0.1) is 13.2 Å². The van der Waals surface area contributed by atoms with Crippen LogP contribution >= 0.6 is 0 Å². The Kier molecular flexibility index (Phi) is 4.21. The Balaban J connectivity index is 1.64. The van der Waals surface area contributed by atoms with E-state index in [9.17, 15) is 4.79 Å². The summed E-state index contributed by atoms with van der Waals surface area (Å²) in [6.07, 6.45) is 0. The van der Waals surface area contributed by atoms with Gasteiger partial charge in [0, 0.05) is 23.9 Å². The lowest BCUT2D eigenvalue weighted by Gasteiger charge is -2.05. The molecule has 2 N–H and O–H groups in total. The van der Waals surface area contributed by atoms with Crippen molar-refractivity contribution in [1.82, 2.24) is 10.3 Å². The van der Waals surface area contributed by atoms with Crippen molar-refractivity contribution in [2.45, 2.75) is 13.2 Å². The average molecular weight is 294 g/mol. The first-order chi connectivity index (χ1) is 10.8. The molecule has 0 atom stereocenters. The van der Waals surface area contributed by atoms with Crippen LogP contribution in [0.1, 0.15) is 21.6 Å². The monoisotopic (exact) mass is 294 g/mol. The molecule has 2 aromatic carbocycles. The molecule has 3 rings (SSSR count). The van der Waals surface area contributed by atoms with E-state index < -0.39 is 0 Å². The second-order valence-electron chi connectivity index (χ2n) is 5.19. The van der Waals surface area contributed by atoms with Crippen LogP contribution in [0.3, 0.4) is 0 Å². The molecule has 0 radical (unpaired) electrons. The fourth-order valence-electron chi connectivity index (χ4n) is 2.43. The van der Waals surface area contributed by atoms with E-state index in [2.05, 4.69) is 16.4 Å². The lowest BCUT2D eigenvalue weighted by atomic mass is 10.1. The van der Waals surface area contributed by atoms with Gasteiger partial charge in [0.1, 0.15) is 0 Å². The summed E-state index contributed by atoms with van der Waals surface area (Å²) in [6, 6.07) is 17.5. The minimum atomic E-state index is -0.0809. The van der Waals surface area contributed by atoms with Gasteiger partial charge in [-0.25, -0.2) is 0 Å². The van der Waals surface area contributed by atoms with Crippen molar-refractivity contribution in [3.05, 3.63) is 71.4 Å². The van der Waals surface area contributed by atoms with E-state index in [1.165, 1.54) is 0 Å². The maximum Gasteiger partial charge on any atom is 0.251 e. The van der Waals surface area contributed by atoms with Crippen LogP contribution in [-0.2, 0) is 17.9 Å². The van der Waals surface area contributed by atoms with Crippen LogP contribution in [0, 0.1) is 0 Å². The van der Waals surface area contributed by atoms with Crippen LogP contribution in [0.15, 0.2) is 54.6 Å². The summed E-state index contributed by atoms with van der Waals surface area (Å²) >= 11 is 0. The smallest absolute Gasteiger partial charge is 0.251 e. The summed E-state index contributed by atoms with van der Waals surface area (Å²) in [7, 11) is 1.65. The molecule has 0 unspecified atom stereocenters. The van der Waals surface area contributed by atoms with E-state index in [4.69, 9.17) is 4.74 Å². The second kappa shape index (κ2) is 6.45. The van der Waals surface area contributed by atoms with Crippen molar-refractivity contribution in [2.75, 3.05) is 7.11 Å². The third-order valence-corrected chi connectivity index (χ3v) is 3.55. The number of amides is 1. The number of carbonyl (C=O) groups excluding carboxylic acids is 1. The second-order valence-corrected chi connectivity index (χ2v) is 5.19.